The Morgan fingerprint density at radius 3 is 2.75 bits per heavy atom. The Morgan fingerprint density at radius 1 is 1.09 bits per heavy atom. The van der Waals surface area contributed by atoms with Crippen LogP contribution >= 0.6 is 0 Å². The van der Waals surface area contributed by atoms with Gasteiger partial charge in [-0.25, -0.2) is 14.6 Å². The van der Waals surface area contributed by atoms with E-state index in [2.05, 4.69) is 64.7 Å². The van der Waals surface area contributed by atoms with Gasteiger partial charge in [0.05, 0.1) is 29.4 Å². The first-order valence-corrected chi connectivity index (χ1v) is 10.7. The Labute approximate surface area is 186 Å². The maximum Gasteiger partial charge on any atom is 0.164 e. The van der Waals surface area contributed by atoms with Crippen LogP contribution in [0.3, 0.4) is 0 Å². The highest BCUT2D eigenvalue weighted by molar-refractivity contribution is 5.88. The normalized spacial score (nSPS) is 12.9. The number of nitrogens with two attached hydrogens (primary N) is 1. The van der Waals surface area contributed by atoms with Crippen LogP contribution in [-0.2, 0) is 6.54 Å². The van der Waals surface area contributed by atoms with E-state index < -0.39 is 0 Å². The van der Waals surface area contributed by atoms with Gasteiger partial charge in [0.25, 0.3) is 0 Å². The molecule has 0 spiro atoms. The predicted octanol–water partition coefficient (Wildman–Crippen LogP) is 3.00. The Bertz CT molecular complexity index is 1410. The summed E-state index contributed by atoms with van der Waals surface area (Å²) in [6, 6.07) is 10.4. The molecular weight excluding hydrogens is 402 g/mol. The van der Waals surface area contributed by atoms with Crippen LogP contribution in [0.1, 0.15) is 24.2 Å². The molecule has 0 radical (unpaired) electrons. The molecule has 5 aromatic heterocycles. The number of hydrogen-bond donors (Lipinski definition) is 1. The van der Waals surface area contributed by atoms with E-state index in [1.54, 1.807) is 0 Å². The number of nitrogens with zero attached hydrogens (tertiary/aromatic N) is 8. The van der Waals surface area contributed by atoms with Gasteiger partial charge in [-0.3, -0.25) is 4.68 Å². The fourth-order valence-electron chi connectivity index (χ4n) is 4.22. The van der Waals surface area contributed by atoms with Crippen molar-refractivity contribution in [3.63, 3.8) is 0 Å². The molecule has 1 unspecified atom stereocenters. The number of likely N-dealkylation sites (N-methyl/N-ethyl adjacent to an activating group) is 1. The molecule has 0 aliphatic rings. The molecule has 9 nitrogen and oxygen atoms in total. The molecule has 1 atom stereocenters. The molecule has 2 N–H and O–H groups in total. The fourth-order valence-corrected chi connectivity index (χ4v) is 4.22. The van der Waals surface area contributed by atoms with Gasteiger partial charge in [0.1, 0.15) is 17.8 Å². The number of aromatic nitrogens is 7. The highest BCUT2D eigenvalue weighted by Crippen LogP contribution is 2.34. The van der Waals surface area contributed by atoms with Crippen molar-refractivity contribution in [1.29, 1.82) is 0 Å². The summed E-state index contributed by atoms with van der Waals surface area (Å²) < 4.78 is 6.11. The smallest absolute Gasteiger partial charge is 0.164 e. The first kappa shape index (κ1) is 20.2. The SMILES string of the molecule is Cc1nn(C(C)c2cc3ccccn3c2-c2ccn(CCN(C)C)n2)c2ncnc(N)c12. The molecule has 5 aromatic rings. The molecule has 0 amide bonds. The fraction of sp³-hybridized carbons (Fsp3) is 0.304. The molecule has 0 aromatic carbocycles. The topological polar surface area (TPSA) is 95.1 Å². The second kappa shape index (κ2) is 7.76. The maximum atomic E-state index is 6.12. The third-order valence-electron chi connectivity index (χ3n) is 5.88. The predicted molar refractivity (Wildman–Crippen MR) is 125 cm³/mol. The van der Waals surface area contributed by atoms with Crippen molar-refractivity contribution < 1.29 is 0 Å². The molecule has 0 saturated heterocycles. The number of aryl methyl sites for hydroxylation is 1. The van der Waals surface area contributed by atoms with Gasteiger partial charge in [-0.05, 0) is 52.2 Å². The Morgan fingerprint density at radius 2 is 1.94 bits per heavy atom. The minimum atomic E-state index is -0.0812. The summed E-state index contributed by atoms with van der Waals surface area (Å²) in [5.74, 6) is 0.452. The zero-order valence-corrected chi connectivity index (χ0v) is 18.8. The lowest BCUT2D eigenvalue weighted by atomic mass is 10.1. The summed E-state index contributed by atoms with van der Waals surface area (Å²) in [4.78, 5) is 10.8. The van der Waals surface area contributed by atoms with Crippen molar-refractivity contribution in [3.8, 4) is 11.4 Å². The quantitative estimate of drug-likeness (QED) is 0.446. The van der Waals surface area contributed by atoms with Crippen molar-refractivity contribution in [2.75, 3.05) is 26.4 Å². The van der Waals surface area contributed by atoms with E-state index in [1.165, 1.54) is 6.33 Å². The van der Waals surface area contributed by atoms with Crippen LogP contribution in [0, 0.1) is 6.92 Å². The van der Waals surface area contributed by atoms with Crippen LogP contribution in [0.5, 0.6) is 0 Å². The van der Waals surface area contributed by atoms with Gasteiger partial charge in [0, 0.05) is 30.0 Å². The summed E-state index contributed by atoms with van der Waals surface area (Å²) in [5.41, 5.74) is 11.9. The van der Waals surface area contributed by atoms with Crippen LogP contribution in [0.4, 0.5) is 5.82 Å². The molecule has 5 rings (SSSR count). The van der Waals surface area contributed by atoms with Gasteiger partial charge in [-0.15, -0.1) is 0 Å². The highest BCUT2D eigenvalue weighted by Gasteiger charge is 2.24. The van der Waals surface area contributed by atoms with E-state index >= 15 is 0 Å². The second-order valence-corrected chi connectivity index (χ2v) is 8.37. The van der Waals surface area contributed by atoms with E-state index in [9.17, 15) is 0 Å². The van der Waals surface area contributed by atoms with Gasteiger partial charge in [0.15, 0.2) is 5.65 Å². The van der Waals surface area contributed by atoms with Crippen molar-refractivity contribution >= 4 is 22.4 Å². The van der Waals surface area contributed by atoms with Crippen molar-refractivity contribution in [3.05, 3.63) is 60.3 Å². The number of fused-ring (bicyclic) bond motifs is 2. The number of anilines is 1. The molecule has 0 bridgehead atoms. The third-order valence-corrected chi connectivity index (χ3v) is 5.88. The summed E-state index contributed by atoms with van der Waals surface area (Å²) >= 11 is 0. The average Bonchev–Trinajstić information content (AvgIpc) is 3.47. The van der Waals surface area contributed by atoms with Gasteiger partial charge >= 0.3 is 0 Å². The van der Waals surface area contributed by atoms with Crippen molar-refractivity contribution in [2.45, 2.75) is 26.4 Å². The van der Waals surface area contributed by atoms with Gasteiger partial charge < -0.3 is 15.0 Å². The second-order valence-electron chi connectivity index (χ2n) is 8.37. The molecule has 5 heterocycles. The summed E-state index contributed by atoms with van der Waals surface area (Å²) in [7, 11) is 4.13. The lowest BCUT2D eigenvalue weighted by molar-refractivity contribution is 0.373. The van der Waals surface area contributed by atoms with Crippen LogP contribution in [0.2, 0.25) is 0 Å². The summed E-state index contributed by atoms with van der Waals surface area (Å²) in [6.45, 7) is 5.83. The first-order chi connectivity index (χ1) is 15.4. The monoisotopic (exact) mass is 429 g/mol. The van der Waals surface area contributed by atoms with Crippen molar-refractivity contribution in [2.24, 2.45) is 0 Å². The van der Waals surface area contributed by atoms with E-state index in [0.29, 0.717) is 5.82 Å². The molecule has 0 aliphatic heterocycles. The number of nitrogen functional groups attached to an aromatic ring is 1. The van der Waals surface area contributed by atoms with Crippen LogP contribution in [0.25, 0.3) is 27.9 Å². The van der Waals surface area contributed by atoms with Gasteiger partial charge in [0.2, 0.25) is 0 Å². The maximum absolute atomic E-state index is 6.12. The Kier molecular flexibility index (Phi) is 4.90. The van der Waals surface area contributed by atoms with Gasteiger partial charge in [-0.2, -0.15) is 10.2 Å². The van der Waals surface area contributed by atoms with E-state index in [4.69, 9.17) is 15.9 Å². The Hall–Kier alpha value is -3.72. The summed E-state index contributed by atoms with van der Waals surface area (Å²) in [6.07, 6.45) is 5.61. The zero-order chi connectivity index (χ0) is 22.4. The average molecular weight is 430 g/mol. The Balaban J connectivity index is 1.65. The molecule has 0 aliphatic carbocycles. The highest BCUT2D eigenvalue weighted by atomic mass is 15.3. The minimum Gasteiger partial charge on any atom is -0.383 e. The van der Waals surface area contributed by atoms with Crippen LogP contribution in [0.15, 0.2) is 49.1 Å². The number of hydrogen-bond acceptors (Lipinski definition) is 6. The lowest BCUT2D eigenvalue weighted by Gasteiger charge is -2.14. The molecule has 0 fully saturated rings. The van der Waals surface area contributed by atoms with E-state index in [0.717, 1.165) is 52.3 Å². The standard InChI is InChI=1S/C23H27N9/c1-15-20-22(24)25-14-26-23(20)32(27-15)16(2)18-13-17-7-5-6-9-31(17)21(18)19-8-10-30(28-19)12-11-29(3)4/h5-10,13-14,16H,11-12H2,1-4H3,(H2,24,25,26). The minimum absolute atomic E-state index is 0.0812. The third kappa shape index (κ3) is 3.31. The zero-order valence-electron chi connectivity index (χ0n) is 18.8. The molecule has 0 saturated carbocycles. The molecule has 164 valence electrons. The number of pyridine rings is 1. The van der Waals surface area contributed by atoms with Crippen LogP contribution in [-0.4, -0.2) is 59.5 Å². The first-order valence-electron chi connectivity index (χ1n) is 10.7. The number of rotatable bonds is 6. The van der Waals surface area contributed by atoms with E-state index in [-0.39, 0.29) is 6.04 Å². The molecular formula is C23H27N9. The largest absolute Gasteiger partial charge is 0.383 e. The van der Waals surface area contributed by atoms with Gasteiger partial charge in [-0.1, -0.05) is 6.07 Å². The molecule has 32 heavy (non-hydrogen) atoms. The van der Waals surface area contributed by atoms with Crippen molar-refractivity contribution in [1.82, 2.24) is 38.8 Å². The summed E-state index contributed by atoms with van der Waals surface area (Å²) in [5, 5.41) is 10.5. The lowest BCUT2D eigenvalue weighted by Crippen LogP contribution is -2.18. The van der Waals surface area contributed by atoms with E-state index in [1.807, 2.05) is 34.6 Å². The van der Waals surface area contributed by atoms with Crippen LogP contribution < -0.4 is 5.73 Å². The molecule has 9 heteroatoms.